The quantitative estimate of drug-likeness (QED) is 0.813. The number of nitrogens with zero attached hydrogens (tertiary/aromatic N) is 1. The van der Waals surface area contributed by atoms with Crippen LogP contribution in [0.3, 0.4) is 0 Å². The summed E-state index contributed by atoms with van der Waals surface area (Å²) in [5, 5.41) is 0. The molecular weight excluding hydrogens is 222 g/mol. The van der Waals surface area contributed by atoms with E-state index in [1.807, 2.05) is 0 Å². The molecule has 0 radical (unpaired) electrons. The van der Waals surface area contributed by atoms with Crippen molar-refractivity contribution < 1.29 is 4.79 Å². The van der Waals surface area contributed by atoms with E-state index in [2.05, 4.69) is 35.2 Å². The number of fused-ring (bicyclic) bond motifs is 2. The Hall–Kier alpha value is -1.15. The number of rotatable bonds is 3. The first-order valence-corrected chi connectivity index (χ1v) is 7.14. The summed E-state index contributed by atoms with van der Waals surface area (Å²) in [5.41, 5.74) is 1.41. The third kappa shape index (κ3) is 2.49. The van der Waals surface area contributed by atoms with E-state index in [1.165, 1.54) is 24.8 Å². The minimum atomic E-state index is 0.487. The maximum absolute atomic E-state index is 11.7. The molecule has 2 bridgehead atoms. The van der Waals surface area contributed by atoms with Crippen molar-refractivity contribution in [2.24, 2.45) is 0 Å². The molecule has 0 aromatic heterocycles. The highest BCUT2D eigenvalue weighted by Gasteiger charge is 2.36. The maximum atomic E-state index is 11.7. The molecule has 2 saturated heterocycles. The van der Waals surface area contributed by atoms with Crippen molar-refractivity contribution in [1.29, 1.82) is 0 Å². The van der Waals surface area contributed by atoms with E-state index in [4.69, 9.17) is 0 Å². The highest BCUT2D eigenvalue weighted by atomic mass is 16.1. The van der Waals surface area contributed by atoms with E-state index < -0.39 is 0 Å². The van der Waals surface area contributed by atoms with Gasteiger partial charge < -0.3 is 0 Å². The number of carbonyl (C=O) groups excluding carboxylic acids is 1. The first-order chi connectivity index (χ1) is 8.83. The number of hydrogen-bond donors (Lipinski definition) is 0. The number of benzene rings is 1. The normalized spacial score (nSPS) is 28.3. The zero-order valence-corrected chi connectivity index (χ0v) is 10.8. The SMILES string of the molecule is O=C1CC2CCCC(C1)N2CCc1ccccc1. The van der Waals surface area contributed by atoms with Gasteiger partial charge in [0.05, 0.1) is 0 Å². The second-order valence-electron chi connectivity index (χ2n) is 5.66. The molecule has 2 aliphatic rings. The molecule has 2 heteroatoms. The molecule has 0 saturated carbocycles. The van der Waals surface area contributed by atoms with Crippen LogP contribution >= 0.6 is 0 Å². The minimum Gasteiger partial charge on any atom is -0.300 e. The van der Waals surface area contributed by atoms with E-state index in [0.717, 1.165) is 25.8 Å². The molecule has 3 rings (SSSR count). The van der Waals surface area contributed by atoms with Crippen molar-refractivity contribution in [2.75, 3.05) is 6.54 Å². The molecular formula is C16H21NO. The molecule has 0 aliphatic carbocycles. The summed E-state index contributed by atoms with van der Waals surface area (Å²) in [5.74, 6) is 0.487. The fourth-order valence-corrected chi connectivity index (χ4v) is 3.53. The van der Waals surface area contributed by atoms with Crippen LogP contribution in [0.2, 0.25) is 0 Å². The highest BCUT2D eigenvalue weighted by Crippen LogP contribution is 2.32. The van der Waals surface area contributed by atoms with Crippen LogP contribution in [0.1, 0.15) is 37.7 Å². The van der Waals surface area contributed by atoms with Gasteiger partial charge in [0.15, 0.2) is 0 Å². The Morgan fingerprint density at radius 3 is 2.39 bits per heavy atom. The summed E-state index contributed by atoms with van der Waals surface area (Å²) in [7, 11) is 0. The zero-order chi connectivity index (χ0) is 12.4. The van der Waals surface area contributed by atoms with Crippen molar-refractivity contribution >= 4 is 5.78 Å². The van der Waals surface area contributed by atoms with Crippen molar-refractivity contribution in [3.63, 3.8) is 0 Å². The fourth-order valence-electron chi connectivity index (χ4n) is 3.53. The number of carbonyl (C=O) groups is 1. The molecule has 2 nitrogen and oxygen atoms in total. The van der Waals surface area contributed by atoms with Crippen molar-refractivity contribution in [2.45, 2.75) is 50.6 Å². The Bertz CT molecular complexity index is 398. The van der Waals surface area contributed by atoms with Crippen LogP contribution in [0.15, 0.2) is 30.3 Å². The number of hydrogen-bond acceptors (Lipinski definition) is 2. The van der Waals surface area contributed by atoms with Gasteiger partial charge in [-0.25, -0.2) is 0 Å². The lowest BCUT2D eigenvalue weighted by molar-refractivity contribution is -0.127. The fraction of sp³-hybridized carbons (Fsp3) is 0.562. The Morgan fingerprint density at radius 1 is 1.06 bits per heavy atom. The van der Waals surface area contributed by atoms with Gasteiger partial charge in [0, 0.05) is 31.5 Å². The van der Waals surface area contributed by atoms with Gasteiger partial charge >= 0.3 is 0 Å². The molecule has 0 spiro atoms. The second-order valence-corrected chi connectivity index (χ2v) is 5.66. The Morgan fingerprint density at radius 2 is 1.72 bits per heavy atom. The van der Waals surface area contributed by atoms with Gasteiger partial charge in [-0.05, 0) is 24.8 Å². The average molecular weight is 243 g/mol. The molecule has 1 aromatic carbocycles. The highest BCUT2D eigenvalue weighted by molar-refractivity contribution is 5.80. The van der Waals surface area contributed by atoms with Crippen LogP contribution in [0.25, 0.3) is 0 Å². The average Bonchev–Trinajstić information content (AvgIpc) is 2.37. The summed E-state index contributed by atoms with van der Waals surface area (Å²) in [6.07, 6.45) is 6.46. The van der Waals surface area contributed by atoms with E-state index in [1.54, 1.807) is 0 Å². The molecule has 2 atom stereocenters. The van der Waals surface area contributed by atoms with Crippen LogP contribution in [-0.2, 0) is 11.2 Å². The second kappa shape index (κ2) is 5.23. The minimum absolute atomic E-state index is 0.487. The predicted molar refractivity (Wildman–Crippen MR) is 72.5 cm³/mol. The molecule has 2 unspecified atom stereocenters. The monoisotopic (exact) mass is 243 g/mol. The Labute approximate surface area is 109 Å². The molecule has 0 amide bonds. The van der Waals surface area contributed by atoms with Crippen molar-refractivity contribution in [3.05, 3.63) is 35.9 Å². The summed E-state index contributed by atoms with van der Waals surface area (Å²) in [6, 6.07) is 11.8. The first-order valence-electron chi connectivity index (χ1n) is 7.14. The van der Waals surface area contributed by atoms with Gasteiger partial charge in [-0.15, -0.1) is 0 Å². The van der Waals surface area contributed by atoms with E-state index in [9.17, 15) is 4.79 Å². The van der Waals surface area contributed by atoms with Crippen LogP contribution in [-0.4, -0.2) is 29.3 Å². The standard InChI is InChI=1S/C16H21NO/c18-16-11-14-7-4-8-15(12-16)17(14)10-9-13-5-2-1-3-6-13/h1-3,5-6,14-15H,4,7-12H2. The van der Waals surface area contributed by atoms with Crippen LogP contribution in [0.5, 0.6) is 0 Å². The molecule has 2 heterocycles. The van der Waals surface area contributed by atoms with Gasteiger partial charge in [0.2, 0.25) is 0 Å². The number of ketones is 1. The number of Topliss-reactive ketones (excluding diaryl/α,β-unsaturated/α-hetero) is 1. The molecule has 1 aromatic rings. The lowest BCUT2D eigenvalue weighted by Crippen LogP contribution is -2.52. The Balaban J connectivity index is 1.64. The first kappa shape index (κ1) is 11.9. The van der Waals surface area contributed by atoms with Gasteiger partial charge in [-0.3, -0.25) is 9.69 Å². The third-order valence-corrected chi connectivity index (χ3v) is 4.44. The number of piperidine rings is 2. The van der Waals surface area contributed by atoms with Gasteiger partial charge in [0.25, 0.3) is 0 Å². The summed E-state index contributed by atoms with van der Waals surface area (Å²) >= 11 is 0. The molecule has 2 aliphatic heterocycles. The van der Waals surface area contributed by atoms with E-state index >= 15 is 0 Å². The van der Waals surface area contributed by atoms with Gasteiger partial charge in [-0.2, -0.15) is 0 Å². The summed E-state index contributed by atoms with van der Waals surface area (Å²) < 4.78 is 0. The van der Waals surface area contributed by atoms with Gasteiger partial charge in [-0.1, -0.05) is 36.8 Å². The third-order valence-electron chi connectivity index (χ3n) is 4.44. The summed E-state index contributed by atoms with van der Waals surface area (Å²) in [6.45, 7) is 1.12. The molecule has 18 heavy (non-hydrogen) atoms. The summed E-state index contributed by atoms with van der Waals surface area (Å²) in [4.78, 5) is 14.3. The van der Waals surface area contributed by atoms with Gasteiger partial charge in [0.1, 0.15) is 5.78 Å². The Kier molecular flexibility index (Phi) is 3.46. The van der Waals surface area contributed by atoms with Crippen LogP contribution in [0, 0.1) is 0 Å². The largest absolute Gasteiger partial charge is 0.300 e. The van der Waals surface area contributed by atoms with Crippen LogP contribution < -0.4 is 0 Å². The zero-order valence-electron chi connectivity index (χ0n) is 10.8. The molecule has 96 valence electrons. The lowest BCUT2D eigenvalue weighted by Gasteiger charge is -2.45. The lowest BCUT2D eigenvalue weighted by atomic mass is 9.83. The molecule has 2 fully saturated rings. The smallest absolute Gasteiger partial charge is 0.136 e. The van der Waals surface area contributed by atoms with Crippen LogP contribution in [0.4, 0.5) is 0 Å². The van der Waals surface area contributed by atoms with E-state index in [0.29, 0.717) is 17.9 Å². The topological polar surface area (TPSA) is 20.3 Å². The molecule has 0 N–H and O–H groups in total. The van der Waals surface area contributed by atoms with Crippen molar-refractivity contribution in [1.82, 2.24) is 4.90 Å². The maximum Gasteiger partial charge on any atom is 0.136 e. The predicted octanol–water partition coefficient (Wildman–Crippen LogP) is 2.82. The van der Waals surface area contributed by atoms with Crippen molar-refractivity contribution in [3.8, 4) is 0 Å². The van der Waals surface area contributed by atoms with E-state index in [-0.39, 0.29) is 0 Å².